The minimum absolute atomic E-state index is 0.327. The molecule has 1 heteroatoms. The van der Waals surface area contributed by atoms with Gasteiger partial charge in [-0.15, -0.1) is 0 Å². The van der Waals surface area contributed by atoms with Crippen LogP contribution in [0.5, 0.6) is 0 Å². The highest BCUT2D eigenvalue weighted by Crippen LogP contribution is 2.85. The van der Waals surface area contributed by atoms with Crippen molar-refractivity contribution in [2.45, 2.75) is 17.8 Å². The van der Waals surface area contributed by atoms with Crippen LogP contribution in [0.2, 0.25) is 0 Å². The lowest BCUT2D eigenvalue weighted by molar-refractivity contribution is 0.476. The van der Waals surface area contributed by atoms with Gasteiger partial charge >= 0.3 is 0 Å². The quantitative estimate of drug-likeness (QED) is 0.805. The highest BCUT2D eigenvalue weighted by Gasteiger charge is 2.76. The Balaban J connectivity index is 1.86. The Morgan fingerprint density at radius 3 is 1.67 bits per heavy atom. The molecule has 0 saturated heterocycles. The van der Waals surface area contributed by atoms with Crippen molar-refractivity contribution in [2.75, 3.05) is 6.54 Å². The predicted octanol–water partition coefficient (Wildman–Crippen LogP) is 2.97. The average molecular weight is 233 g/mol. The summed E-state index contributed by atoms with van der Waals surface area (Å²) in [7, 11) is 0. The van der Waals surface area contributed by atoms with E-state index in [0.29, 0.717) is 23.2 Å². The minimum Gasteiger partial charge on any atom is -0.330 e. The molecule has 0 bridgehead atoms. The van der Waals surface area contributed by atoms with Gasteiger partial charge in [0.05, 0.1) is 0 Å². The largest absolute Gasteiger partial charge is 0.330 e. The van der Waals surface area contributed by atoms with Crippen LogP contribution in [-0.4, -0.2) is 6.54 Å². The van der Waals surface area contributed by atoms with Crippen molar-refractivity contribution < 1.29 is 0 Å². The third-order valence-corrected chi connectivity index (χ3v) is 5.56. The fourth-order valence-electron chi connectivity index (χ4n) is 4.99. The van der Waals surface area contributed by atoms with Gasteiger partial charge in [0.25, 0.3) is 0 Å². The first kappa shape index (κ1) is 9.35. The zero-order valence-electron chi connectivity index (χ0n) is 10.1. The van der Waals surface area contributed by atoms with Crippen LogP contribution in [0.15, 0.2) is 48.5 Å². The SMILES string of the molecule is NCC12C3c4ccccc4C1C2c1ccccc13. The number of rotatable bonds is 1. The van der Waals surface area contributed by atoms with Gasteiger partial charge in [-0.1, -0.05) is 48.5 Å². The molecule has 0 radical (unpaired) electrons. The van der Waals surface area contributed by atoms with E-state index in [9.17, 15) is 0 Å². The summed E-state index contributed by atoms with van der Waals surface area (Å²) < 4.78 is 0. The highest BCUT2D eigenvalue weighted by molar-refractivity contribution is 5.67. The smallest absolute Gasteiger partial charge is 0.0176 e. The Kier molecular flexibility index (Phi) is 1.40. The summed E-state index contributed by atoms with van der Waals surface area (Å²) in [5.41, 5.74) is 12.7. The summed E-state index contributed by atoms with van der Waals surface area (Å²) in [6, 6.07) is 17.9. The maximum atomic E-state index is 6.19. The second-order valence-corrected chi connectivity index (χ2v) is 5.96. The minimum atomic E-state index is 0.327. The van der Waals surface area contributed by atoms with Gasteiger partial charge < -0.3 is 5.73 Å². The molecule has 3 aliphatic carbocycles. The molecule has 18 heavy (non-hydrogen) atoms. The number of nitrogens with two attached hydrogens (primary N) is 1. The molecule has 2 unspecified atom stereocenters. The predicted molar refractivity (Wildman–Crippen MR) is 71.7 cm³/mol. The molecule has 0 aromatic heterocycles. The average Bonchev–Trinajstić information content (AvgIpc) is 2.93. The normalized spacial score (nSPS) is 37.1. The summed E-state index contributed by atoms with van der Waals surface area (Å²) in [5.74, 6) is 1.95. The first-order valence-corrected chi connectivity index (χ1v) is 6.77. The molecule has 5 rings (SSSR count). The van der Waals surface area contributed by atoms with Crippen molar-refractivity contribution in [3.8, 4) is 0 Å². The van der Waals surface area contributed by atoms with Gasteiger partial charge in [-0.25, -0.2) is 0 Å². The van der Waals surface area contributed by atoms with Crippen molar-refractivity contribution >= 4 is 0 Å². The molecule has 2 atom stereocenters. The van der Waals surface area contributed by atoms with E-state index in [2.05, 4.69) is 48.5 Å². The van der Waals surface area contributed by atoms with Crippen molar-refractivity contribution in [3.05, 3.63) is 70.8 Å². The molecular formula is C17H15N. The maximum absolute atomic E-state index is 6.19. The Hall–Kier alpha value is -1.60. The molecule has 0 spiro atoms. The van der Waals surface area contributed by atoms with E-state index >= 15 is 0 Å². The Morgan fingerprint density at radius 2 is 1.22 bits per heavy atom. The molecule has 2 aromatic carbocycles. The number of benzene rings is 2. The summed E-state index contributed by atoms with van der Waals surface area (Å²) >= 11 is 0. The van der Waals surface area contributed by atoms with Crippen LogP contribution in [0.1, 0.15) is 40.0 Å². The number of hydrogen-bond donors (Lipinski definition) is 1. The number of fused-ring (bicyclic) bond motifs is 7. The van der Waals surface area contributed by atoms with Gasteiger partial charge in [0.1, 0.15) is 0 Å². The summed E-state index contributed by atoms with van der Waals surface area (Å²) in [6.07, 6.45) is 0. The summed E-state index contributed by atoms with van der Waals surface area (Å²) in [5, 5.41) is 0. The molecular weight excluding hydrogens is 218 g/mol. The highest BCUT2D eigenvalue weighted by atomic mass is 14.8. The zero-order valence-corrected chi connectivity index (χ0v) is 10.1. The molecule has 0 heterocycles. The first-order chi connectivity index (χ1) is 8.89. The van der Waals surface area contributed by atoms with Crippen LogP contribution < -0.4 is 5.73 Å². The van der Waals surface area contributed by atoms with Crippen LogP contribution in [0, 0.1) is 5.41 Å². The molecule has 1 nitrogen and oxygen atoms in total. The molecule has 88 valence electrons. The second kappa shape index (κ2) is 2.70. The lowest BCUT2D eigenvalue weighted by Gasteiger charge is -2.19. The molecule has 3 aliphatic rings. The standard InChI is InChI=1S/C17H15N/c18-9-17-14-10-5-1-3-7-12(10)15(17)16(17)13-8-4-2-6-11(13)14/h1-8,14-16H,9,18H2. The maximum Gasteiger partial charge on any atom is 0.0176 e. The van der Waals surface area contributed by atoms with E-state index in [4.69, 9.17) is 5.73 Å². The van der Waals surface area contributed by atoms with Gasteiger partial charge in [-0.05, 0) is 22.3 Å². The van der Waals surface area contributed by atoms with E-state index in [1.807, 2.05) is 0 Å². The second-order valence-electron chi connectivity index (χ2n) is 5.96. The molecule has 2 N–H and O–H groups in total. The van der Waals surface area contributed by atoms with Gasteiger partial charge in [0.2, 0.25) is 0 Å². The van der Waals surface area contributed by atoms with Crippen molar-refractivity contribution in [1.82, 2.24) is 0 Å². The summed E-state index contributed by atoms with van der Waals surface area (Å²) in [4.78, 5) is 0. The Morgan fingerprint density at radius 1 is 0.778 bits per heavy atom. The Labute approximate surface area is 107 Å². The van der Waals surface area contributed by atoms with Crippen LogP contribution in [0.3, 0.4) is 0 Å². The van der Waals surface area contributed by atoms with E-state index in [0.717, 1.165) is 6.54 Å². The van der Waals surface area contributed by atoms with Crippen molar-refractivity contribution in [1.29, 1.82) is 0 Å². The number of hydrogen-bond acceptors (Lipinski definition) is 1. The van der Waals surface area contributed by atoms with E-state index in [-0.39, 0.29) is 0 Å². The fraction of sp³-hybridized carbons (Fsp3) is 0.294. The lowest BCUT2D eigenvalue weighted by Crippen LogP contribution is -2.21. The lowest BCUT2D eigenvalue weighted by atomic mass is 9.85. The van der Waals surface area contributed by atoms with Crippen molar-refractivity contribution in [3.63, 3.8) is 0 Å². The fourth-order valence-corrected chi connectivity index (χ4v) is 4.99. The van der Waals surface area contributed by atoms with Crippen LogP contribution in [-0.2, 0) is 0 Å². The monoisotopic (exact) mass is 233 g/mol. The Bertz CT molecular complexity index is 619. The van der Waals surface area contributed by atoms with E-state index < -0.39 is 0 Å². The molecule has 2 aromatic rings. The van der Waals surface area contributed by atoms with Crippen LogP contribution in [0.4, 0.5) is 0 Å². The van der Waals surface area contributed by atoms with E-state index in [1.54, 1.807) is 11.1 Å². The zero-order chi connectivity index (χ0) is 11.9. The molecule has 0 amide bonds. The third-order valence-electron chi connectivity index (χ3n) is 5.56. The van der Waals surface area contributed by atoms with Crippen LogP contribution in [0.25, 0.3) is 0 Å². The van der Waals surface area contributed by atoms with E-state index in [1.165, 1.54) is 11.1 Å². The van der Waals surface area contributed by atoms with Gasteiger partial charge in [0.15, 0.2) is 0 Å². The van der Waals surface area contributed by atoms with Gasteiger partial charge in [-0.2, -0.15) is 0 Å². The summed E-state index contributed by atoms with van der Waals surface area (Å²) in [6.45, 7) is 0.816. The molecule has 1 saturated carbocycles. The third kappa shape index (κ3) is 0.733. The topological polar surface area (TPSA) is 26.0 Å². The van der Waals surface area contributed by atoms with Crippen LogP contribution >= 0.6 is 0 Å². The molecule has 1 fully saturated rings. The van der Waals surface area contributed by atoms with Gasteiger partial charge in [0, 0.05) is 29.7 Å². The van der Waals surface area contributed by atoms with Crippen molar-refractivity contribution in [2.24, 2.45) is 11.1 Å². The first-order valence-electron chi connectivity index (χ1n) is 6.77. The van der Waals surface area contributed by atoms with Gasteiger partial charge in [-0.3, -0.25) is 0 Å². The molecule has 0 aliphatic heterocycles.